The largest absolute Gasteiger partial charge is 1.00 e. The fourth-order valence-corrected chi connectivity index (χ4v) is 0. The maximum atomic E-state index is 6.85. The van der Waals surface area contributed by atoms with Gasteiger partial charge in [-0.15, -0.1) is 6.54 Å². The van der Waals surface area contributed by atoms with E-state index in [0.29, 0.717) is 6.54 Å². The quantitative estimate of drug-likeness (QED) is 0.346. The molecule has 2 heteroatoms. The third-order valence-electron chi connectivity index (χ3n) is 0.530. The molecule has 0 spiro atoms. The van der Waals surface area contributed by atoms with Gasteiger partial charge in [0.1, 0.15) is 0 Å². The number of rotatable bonds is 0. The molecule has 0 rings (SSSR count). The molecule has 0 aliphatic rings. The van der Waals surface area contributed by atoms with Crippen LogP contribution in [-0.2, 0) is 0 Å². The van der Waals surface area contributed by atoms with Crippen molar-refractivity contribution in [2.24, 2.45) is 5.41 Å². The van der Waals surface area contributed by atoms with Gasteiger partial charge < -0.3 is 5.73 Å². The van der Waals surface area contributed by atoms with E-state index in [4.69, 9.17) is 5.73 Å². The van der Waals surface area contributed by atoms with Gasteiger partial charge in [0, 0.05) is 0 Å². The standard InChI is InChI=1S/C5H12N.Li/c1-5(2,3)4-6;/h6H,4H2,1-3H3;/q-1;+1. The molecule has 0 aromatic carbocycles. The summed E-state index contributed by atoms with van der Waals surface area (Å²) < 4.78 is 0. The van der Waals surface area contributed by atoms with Gasteiger partial charge in [-0.1, -0.05) is 26.2 Å². The van der Waals surface area contributed by atoms with Crippen molar-refractivity contribution in [3.8, 4) is 0 Å². The molecule has 38 valence electrons. The molecule has 1 N–H and O–H groups in total. The van der Waals surface area contributed by atoms with Crippen molar-refractivity contribution in [2.75, 3.05) is 6.54 Å². The zero-order valence-electron chi connectivity index (χ0n) is 5.71. The Morgan fingerprint density at radius 3 is 1.43 bits per heavy atom. The Bertz CT molecular complexity index is 37.8. The molecule has 0 unspecified atom stereocenters. The minimum absolute atomic E-state index is 0. The molecular formula is C5H12LiN. The van der Waals surface area contributed by atoms with Crippen LogP contribution in [-0.4, -0.2) is 6.54 Å². The van der Waals surface area contributed by atoms with Crippen LogP contribution in [0.5, 0.6) is 0 Å². The molecule has 0 radical (unpaired) electrons. The zero-order valence-corrected chi connectivity index (χ0v) is 5.71. The van der Waals surface area contributed by atoms with Crippen LogP contribution in [0.25, 0.3) is 5.73 Å². The first kappa shape index (κ1) is 10.5. The van der Waals surface area contributed by atoms with Crippen molar-refractivity contribution in [3.63, 3.8) is 0 Å². The van der Waals surface area contributed by atoms with Gasteiger partial charge >= 0.3 is 18.9 Å². The first-order valence-corrected chi connectivity index (χ1v) is 2.21. The van der Waals surface area contributed by atoms with Gasteiger partial charge in [0.05, 0.1) is 0 Å². The summed E-state index contributed by atoms with van der Waals surface area (Å²) in [6.45, 7) is 6.69. The summed E-state index contributed by atoms with van der Waals surface area (Å²) >= 11 is 0. The predicted octanol–water partition coefficient (Wildman–Crippen LogP) is -0.911. The molecule has 0 bridgehead atoms. The molecule has 0 heterocycles. The van der Waals surface area contributed by atoms with E-state index < -0.39 is 0 Å². The van der Waals surface area contributed by atoms with Crippen molar-refractivity contribution in [2.45, 2.75) is 20.8 Å². The van der Waals surface area contributed by atoms with E-state index >= 15 is 0 Å². The van der Waals surface area contributed by atoms with Crippen LogP contribution in [0.4, 0.5) is 0 Å². The van der Waals surface area contributed by atoms with Gasteiger partial charge in [0.25, 0.3) is 0 Å². The van der Waals surface area contributed by atoms with Crippen LogP contribution in [0.1, 0.15) is 20.8 Å². The van der Waals surface area contributed by atoms with E-state index in [-0.39, 0.29) is 24.3 Å². The first-order valence-electron chi connectivity index (χ1n) is 2.21. The van der Waals surface area contributed by atoms with Crippen LogP contribution >= 0.6 is 0 Å². The van der Waals surface area contributed by atoms with Gasteiger partial charge in [-0.25, -0.2) is 0 Å². The van der Waals surface area contributed by atoms with Crippen molar-refractivity contribution in [1.29, 1.82) is 0 Å². The van der Waals surface area contributed by atoms with Crippen molar-refractivity contribution >= 4 is 0 Å². The monoisotopic (exact) mass is 93.1 g/mol. The van der Waals surface area contributed by atoms with Crippen LogP contribution in [0.3, 0.4) is 0 Å². The third kappa shape index (κ3) is 10.8. The van der Waals surface area contributed by atoms with Crippen LogP contribution in [0, 0.1) is 5.41 Å². The Morgan fingerprint density at radius 1 is 1.29 bits per heavy atom. The first-order chi connectivity index (χ1) is 2.56. The SMILES string of the molecule is CC(C)(C)C[NH-].[Li+]. The molecule has 0 atom stereocenters. The van der Waals surface area contributed by atoms with Crippen LogP contribution in [0.15, 0.2) is 0 Å². The minimum Gasteiger partial charge on any atom is -0.677 e. The summed E-state index contributed by atoms with van der Waals surface area (Å²) in [6.07, 6.45) is 0. The Morgan fingerprint density at radius 2 is 1.43 bits per heavy atom. The molecule has 1 nitrogen and oxygen atoms in total. The normalized spacial score (nSPS) is 10.3. The summed E-state index contributed by atoms with van der Waals surface area (Å²) in [6, 6.07) is 0. The fourth-order valence-electron chi connectivity index (χ4n) is 0. The molecule has 0 aromatic rings. The molecular weight excluding hydrogens is 81.0 g/mol. The van der Waals surface area contributed by atoms with Crippen molar-refractivity contribution < 1.29 is 18.9 Å². The Hall–Kier alpha value is 0.557. The Balaban J connectivity index is 0. The number of hydrogen-bond donors (Lipinski definition) is 0. The predicted molar refractivity (Wildman–Crippen MR) is 28.6 cm³/mol. The summed E-state index contributed by atoms with van der Waals surface area (Å²) in [4.78, 5) is 0. The van der Waals surface area contributed by atoms with Crippen molar-refractivity contribution in [3.05, 3.63) is 5.73 Å². The van der Waals surface area contributed by atoms with E-state index in [1.807, 2.05) is 0 Å². The molecule has 7 heavy (non-hydrogen) atoms. The van der Waals surface area contributed by atoms with Gasteiger partial charge in [0.2, 0.25) is 0 Å². The average molecular weight is 93.1 g/mol. The maximum Gasteiger partial charge on any atom is 1.00 e. The molecule has 0 saturated carbocycles. The average Bonchev–Trinajstić information content (AvgIpc) is 1.35. The number of hydrogen-bond acceptors (Lipinski definition) is 0. The second-order valence-corrected chi connectivity index (χ2v) is 2.74. The molecule has 0 aliphatic carbocycles. The second kappa shape index (κ2) is 3.55. The van der Waals surface area contributed by atoms with Crippen LogP contribution < -0.4 is 18.9 Å². The zero-order chi connectivity index (χ0) is 5.21. The summed E-state index contributed by atoms with van der Waals surface area (Å²) in [5, 5.41) is 0. The van der Waals surface area contributed by atoms with Gasteiger partial charge in [-0.2, -0.15) is 0 Å². The van der Waals surface area contributed by atoms with E-state index in [2.05, 4.69) is 20.8 Å². The van der Waals surface area contributed by atoms with Gasteiger partial charge in [-0.3, -0.25) is 0 Å². The summed E-state index contributed by atoms with van der Waals surface area (Å²) in [5.74, 6) is 0. The van der Waals surface area contributed by atoms with Gasteiger partial charge in [-0.05, 0) is 0 Å². The number of nitrogens with one attached hydrogen (secondary N) is 1. The molecule has 0 aliphatic heterocycles. The second-order valence-electron chi connectivity index (χ2n) is 2.74. The van der Waals surface area contributed by atoms with Crippen molar-refractivity contribution in [1.82, 2.24) is 0 Å². The molecule has 0 saturated heterocycles. The maximum absolute atomic E-state index is 6.85. The Labute approximate surface area is 57.8 Å². The van der Waals surface area contributed by atoms with E-state index in [1.54, 1.807) is 0 Å². The summed E-state index contributed by atoms with van der Waals surface area (Å²) in [7, 11) is 0. The topological polar surface area (TPSA) is 23.8 Å². The third-order valence-corrected chi connectivity index (χ3v) is 0.530. The molecule has 0 aromatic heterocycles. The fraction of sp³-hybridized carbons (Fsp3) is 1.00. The smallest absolute Gasteiger partial charge is 0.677 e. The molecule has 0 amide bonds. The molecule has 0 fully saturated rings. The Kier molecular flexibility index (Phi) is 5.33. The minimum atomic E-state index is 0. The van der Waals surface area contributed by atoms with E-state index in [0.717, 1.165) is 0 Å². The van der Waals surface area contributed by atoms with Crippen LogP contribution in [0.2, 0.25) is 0 Å². The van der Waals surface area contributed by atoms with Gasteiger partial charge in [0.15, 0.2) is 0 Å². The van der Waals surface area contributed by atoms with E-state index in [9.17, 15) is 0 Å². The van der Waals surface area contributed by atoms with E-state index in [1.165, 1.54) is 0 Å². The summed E-state index contributed by atoms with van der Waals surface area (Å²) in [5.41, 5.74) is 7.06.